The van der Waals surface area contributed by atoms with Crippen molar-refractivity contribution in [2.75, 3.05) is 24.2 Å². The molecule has 186 valence electrons. The molecule has 2 atom stereocenters. The van der Waals surface area contributed by atoms with Crippen LogP contribution in [0.4, 0.5) is 5.69 Å². The molecular weight excluding hydrogens is 468 g/mol. The minimum atomic E-state index is -0.477. The summed E-state index contributed by atoms with van der Waals surface area (Å²) in [5.41, 5.74) is 1.63. The molecule has 0 saturated carbocycles. The number of carbonyl (C=O) groups is 4. The van der Waals surface area contributed by atoms with E-state index in [1.165, 1.54) is 11.8 Å². The zero-order valence-electron chi connectivity index (χ0n) is 19.5. The highest BCUT2D eigenvalue weighted by atomic mass is 32.2. The Balaban J connectivity index is 1.39. The molecule has 1 saturated heterocycles. The van der Waals surface area contributed by atoms with Crippen LogP contribution in [0.3, 0.4) is 0 Å². The second-order valence-electron chi connectivity index (χ2n) is 7.96. The number of nitrogens with one attached hydrogen (secondary N) is 4. The van der Waals surface area contributed by atoms with Crippen LogP contribution in [0.1, 0.15) is 35.7 Å². The van der Waals surface area contributed by atoms with Gasteiger partial charge in [0, 0.05) is 31.1 Å². The van der Waals surface area contributed by atoms with E-state index in [0.29, 0.717) is 24.4 Å². The van der Waals surface area contributed by atoms with Gasteiger partial charge in [0.2, 0.25) is 17.7 Å². The highest BCUT2D eigenvalue weighted by molar-refractivity contribution is 8.00. The second-order valence-corrected chi connectivity index (χ2v) is 9.06. The van der Waals surface area contributed by atoms with Gasteiger partial charge in [-0.25, -0.2) is 4.79 Å². The first-order chi connectivity index (χ1) is 16.9. The number of esters is 1. The molecule has 9 nitrogen and oxygen atoms in total. The number of carbonyl (C=O) groups excluding carboxylic acids is 4. The second kappa shape index (κ2) is 13.5. The Morgan fingerprint density at radius 1 is 1.06 bits per heavy atom. The molecule has 4 N–H and O–H groups in total. The van der Waals surface area contributed by atoms with E-state index in [9.17, 15) is 19.2 Å². The van der Waals surface area contributed by atoms with Crippen molar-refractivity contribution in [3.05, 3.63) is 65.7 Å². The minimum Gasteiger partial charge on any atom is -0.462 e. The molecule has 0 spiro atoms. The van der Waals surface area contributed by atoms with Gasteiger partial charge < -0.3 is 20.7 Å². The summed E-state index contributed by atoms with van der Waals surface area (Å²) in [4.78, 5) is 48.4. The quantitative estimate of drug-likeness (QED) is 0.349. The third-order valence-electron chi connectivity index (χ3n) is 5.18. The number of rotatable bonds is 11. The number of amides is 3. The van der Waals surface area contributed by atoms with Gasteiger partial charge in [-0.3, -0.25) is 19.7 Å². The summed E-state index contributed by atoms with van der Waals surface area (Å²) in [5.74, 6) is -0.873. The molecule has 10 heteroatoms. The van der Waals surface area contributed by atoms with Crippen LogP contribution in [0, 0.1) is 0 Å². The molecule has 1 aliphatic rings. The van der Waals surface area contributed by atoms with Crippen LogP contribution in [-0.2, 0) is 25.5 Å². The van der Waals surface area contributed by atoms with Crippen LogP contribution in [0.25, 0.3) is 0 Å². The SMILES string of the molecule is CCOC(=O)c1ccc(NC(=O)CSC2NC(=O)CC(CC(=O)NCCc3ccccc3)N2)cc1. The molecular formula is C25H30N4O5S. The maximum atomic E-state index is 12.3. The van der Waals surface area contributed by atoms with Gasteiger partial charge in [0.1, 0.15) is 5.50 Å². The summed E-state index contributed by atoms with van der Waals surface area (Å²) in [6.07, 6.45) is 1.12. The van der Waals surface area contributed by atoms with Crippen molar-refractivity contribution >= 4 is 41.1 Å². The Bertz CT molecular complexity index is 1020. The maximum Gasteiger partial charge on any atom is 0.338 e. The molecule has 3 amide bonds. The van der Waals surface area contributed by atoms with E-state index in [1.807, 2.05) is 30.3 Å². The number of anilines is 1. The third-order valence-corrected chi connectivity index (χ3v) is 6.20. The topological polar surface area (TPSA) is 126 Å². The average Bonchev–Trinajstić information content (AvgIpc) is 2.84. The van der Waals surface area contributed by atoms with Crippen molar-refractivity contribution in [2.45, 2.75) is 37.7 Å². The summed E-state index contributed by atoms with van der Waals surface area (Å²) >= 11 is 1.23. The van der Waals surface area contributed by atoms with Crippen LogP contribution >= 0.6 is 11.8 Å². The molecule has 2 unspecified atom stereocenters. The first-order valence-corrected chi connectivity index (χ1v) is 12.5. The lowest BCUT2D eigenvalue weighted by Crippen LogP contribution is -2.56. The molecule has 1 aliphatic heterocycles. The van der Waals surface area contributed by atoms with E-state index < -0.39 is 11.5 Å². The Kier molecular flexibility index (Phi) is 10.1. The van der Waals surface area contributed by atoms with E-state index in [1.54, 1.807) is 31.2 Å². The third kappa shape index (κ3) is 9.06. The van der Waals surface area contributed by atoms with Crippen LogP contribution in [0.5, 0.6) is 0 Å². The fraction of sp³-hybridized carbons (Fsp3) is 0.360. The molecule has 0 bridgehead atoms. The molecule has 2 aromatic rings. The van der Waals surface area contributed by atoms with Crippen LogP contribution in [-0.4, -0.2) is 54.1 Å². The predicted octanol–water partition coefficient (Wildman–Crippen LogP) is 2.05. The van der Waals surface area contributed by atoms with Crippen molar-refractivity contribution < 1.29 is 23.9 Å². The predicted molar refractivity (Wildman–Crippen MR) is 135 cm³/mol. The smallest absolute Gasteiger partial charge is 0.338 e. The summed E-state index contributed by atoms with van der Waals surface area (Å²) in [7, 11) is 0. The van der Waals surface area contributed by atoms with Crippen molar-refractivity contribution in [3.63, 3.8) is 0 Å². The lowest BCUT2D eigenvalue weighted by atomic mass is 10.1. The maximum absolute atomic E-state index is 12.3. The van der Waals surface area contributed by atoms with Gasteiger partial charge in [0.25, 0.3) is 0 Å². The van der Waals surface area contributed by atoms with Crippen molar-refractivity contribution in [3.8, 4) is 0 Å². The van der Waals surface area contributed by atoms with Gasteiger partial charge in [-0.1, -0.05) is 30.3 Å². The van der Waals surface area contributed by atoms with Gasteiger partial charge in [0.05, 0.1) is 17.9 Å². The fourth-order valence-corrected chi connectivity index (χ4v) is 4.41. The lowest BCUT2D eigenvalue weighted by molar-refractivity contribution is -0.125. The van der Waals surface area contributed by atoms with Gasteiger partial charge in [-0.15, -0.1) is 11.8 Å². The molecule has 0 radical (unpaired) electrons. The van der Waals surface area contributed by atoms with Crippen LogP contribution < -0.4 is 21.3 Å². The molecule has 1 fully saturated rings. The monoisotopic (exact) mass is 498 g/mol. The number of thioether (sulfide) groups is 1. The molecule has 0 aliphatic carbocycles. The van der Waals surface area contributed by atoms with Crippen molar-refractivity contribution in [2.24, 2.45) is 0 Å². The standard InChI is InChI=1S/C25H30N4O5S/c1-2-34-24(33)18-8-10-19(11-9-18)27-23(32)16-35-25-28-20(15-22(31)29-25)14-21(30)26-13-12-17-6-4-3-5-7-17/h3-11,20,25,28H,2,12-16H2,1H3,(H,26,30)(H,27,32)(H,29,31). The van der Waals surface area contributed by atoms with E-state index in [0.717, 1.165) is 12.0 Å². The van der Waals surface area contributed by atoms with E-state index in [4.69, 9.17) is 4.74 Å². The van der Waals surface area contributed by atoms with Gasteiger partial charge in [-0.05, 0) is 43.2 Å². The zero-order chi connectivity index (χ0) is 25.0. The summed E-state index contributed by atoms with van der Waals surface area (Å²) in [6.45, 7) is 2.55. The molecule has 3 rings (SSSR count). The van der Waals surface area contributed by atoms with Crippen LogP contribution in [0.15, 0.2) is 54.6 Å². The highest BCUT2D eigenvalue weighted by Gasteiger charge is 2.28. The van der Waals surface area contributed by atoms with Gasteiger partial charge in [-0.2, -0.15) is 0 Å². The van der Waals surface area contributed by atoms with Crippen molar-refractivity contribution in [1.82, 2.24) is 16.0 Å². The normalized spacial score (nSPS) is 17.2. The van der Waals surface area contributed by atoms with E-state index in [-0.39, 0.29) is 42.4 Å². The lowest BCUT2D eigenvalue weighted by Gasteiger charge is -2.30. The Hall–Kier alpha value is -3.37. The molecule has 0 aromatic heterocycles. The first-order valence-electron chi connectivity index (χ1n) is 11.5. The fourth-order valence-electron chi connectivity index (χ4n) is 3.51. The Labute approximate surface area is 208 Å². The van der Waals surface area contributed by atoms with E-state index >= 15 is 0 Å². The summed E-state index contributed by atoms with van der Waals surface area (Å²) < 4.78 is 4.94. The highest BCUT2D eigenvalue weighted by Crippen LogP contribution is 2.16. The minimum absolute atomic E-state index is 0.0908. The number of hydrogen-bond acceptors (Lipinski definition) is 7. The summed E-state index contributed by atoms with van der Waals surface area (Å²) in [5, 5.41) is 11.6. The van der Waals surface area contributed by atoms with Crippen molar-refractivity contribution in [1.29, 1.82) is 0 Å². The summed E-state index contributed by atoms with van der Waals surface area (Å²) in [6, 6.07) is 16.0. The first kappa shape index (κ1) is 26.2. The molecule has 35 heavy (non-hydrogen) atoms. The van der Waals surface area contributed by atoms with Gasteiger partial charge >= 0.3 is 5.97 Å². The van der Waals surface area contributed by atoms with Gasteiger partial charge in [0.15, 0.2) is 0 Å². The Morgan fingerprint density at radius 2 is 1.80 bits per heavy atom. The van der Waals surface area contributed by atoms with E-state index in [2.05, 4.69) is 21.3 Å². The average molecular weight is 499 g/mol. The molecule has 1 heterocycles. The number of hydrogen-bond donors (Lipinski definition) is 4. The Morgan fingerprint density at radius 3 is 2.51 bits per heavy atom. The number of ether oxygens (including phenoxy) is 1. The number of benzene rings is 2. The molecule has 2 aromatic carbocycles. The zero-order valence-corrected chi connectivity index (χ0v) is 20.4. The van der Waals surface area contributed by atoms with Crippen LogP contribution in [0.2, 0.25) is 0 Å². The largest absolute Gasteiger partial charge is 0.462 e.